The molecule has 1 atom stereocenters. The normalized spacial score (nSPS) is 11.6. The minimum Gasteiger partial charge on any atom is -0.481 e. The molecule has 0 aliphatic rings. The van der Waals surface area contributed by atoms with E-state index in [9.17, 15) is 9.59 Å². The Labute approximate surface area is 134 Å². The van der Waals surface area contributed by atoms with Crippen LogP contribution in [0.15, 0.2) is 48.5 Å². The summed E-state index contributed by atoms with van der Waals surface area (Å²) in [4.78, 5) is 23.5. The molecular weight excluding hydrogens is 302 g/mol. The van der Waals surface area contributed by atoms with Gasteiger partial charge in [0.2, 0.25) is 0 Å². The molecule has 0 saturated carbocycles. The summed E-state index contributed by atoms with van der Waals surface area (Å²) in [7, 11) is 0. The van der Waals surface area contributed by atoms with Gasteiger partial charge in [0.25, 0.3) is 5.91 Å². The fourth-order valence-corrected chi connectivity index (χ4v) is 2.04. The number of hydrogen-bond donors (Lipinski definition) is 1. The second-order valence-corrected chi connectivity index (χ2v) is 5.28. The lowest BCUT2D eigenvalue weighted by atomic mass is 10.1. The number of nitrogens with one attached hydrogen (secondary N) is 1. The van der Waals surface area contributed by atoms with Crippen molar-refractivity contribution in [3.05, 3.63) is 59.1 Å². The van der Waals surface area contributed by atoms with E-state index in [0.29, 0.717) is 22.0 Å². The number of benzene rings is 2. The molecule has 0 aliphatic heterocycles. The van der Waals surface area contributed by atoms with Crippen LogP contribution in [0.2, 0.25) is 5.02 Å². The van der Waals surface area contributed by atoms with Crippen molar-refractivity contribution in [1.29, 1.82) is 0 Å². The molecule has 1 amide bonds. The van der Waals surface area contributed by atoms with Crippen LogP contribution in [0.1, 0.15) is 24.2 Å². The number of amides is 1. The molecule has 0 aliphatic carbocycles. The number of carbonyl (C=O) groups is 2. The maximum absolute atomic E-state index is 12.1. The third-order valence-corrected chi connectivity index (χ3v) is 3.25. The molecule has 5 heteroatoms. The Hall–Kier alpha value is -2.33. The van der Waals surface area contributed by atoms with Crippen LogP contribution in [0.4, 0.5) is 5.69 Å². The Morgan fingerprint density at radius 2 is 1.86 bits per heavy atom. The van der Waals surface area contributed by atoms with Gasteiger partial charge in [-0.2, -0.15) is 0 Å². The van der Waals surface area contributed by atoms with E-state index >= 15 is 0 Å². The first-order chi connectivity index (χ1) is 10.5. The molecule has 0 fully saturated rings. The van der Waals surface area contributed by atoms with Gasteiger partial charge in [-0.25, -0.2) is 0 Å². The molecule has 2 aromatic rings. The number of carbonyl (C=O) groups excluding carboxylic acids is 2. The Kier molecular flexibility index (Phi) is 5.17. The number of ketones is 1. The van der Waals surface area contributed by atoms with Gasteiger partial charge in [0.05, 0.1) is 0 Å². The Morgan fingerprint density at radius 1 is 1.14 bits per heavy atom. The predicted octanol–water partition coefficient (Wildman–Crippen LogP) is 3.95. The van der Waals surface area contributed by atoms with Gasteiger partial charge in [-0.3, -0.25) is 9.59 Å². The maximum atomic E-state index is 12.1. The van der Waals surface area contributed by atoms with Gasteiger partial charge in [-0.1, -0.05) is 29.8 Å². The lowest BCUT2D eigenvalue weighted by Gasteiger charge is -2.15. The second-order valence-electron chi connectivity index (χ2n) is 4.84. The number of halogens is 1. The first-order valence-corrected chi connectivity index (χ1v) is 7.17. The lowest BCUT2D eigenvalue weighted by molar-refractivity contribution is -0.122. The number of anilines is 1. The van der Waals surface area contributed by atoms with E-state index < -0.39 is 6.10 Å². The summed E-state index contributed by atoms with van der Waals surface area (Å²) in [6.07, 6.45) is -0.695. The SMILES string of the molecule is CC(=O)c1cccc(NC(=O)C(C)Oc2cccc(Cl)c2)c1. The quantitative estimate of drug-likeness (QED) is 0.850. The molecule has 0 spiro atoms. The van der Waals surface area contributed by atoms with Crippen LogP contribution in [0.25, 0.3) is 0 Å². The van der Waals surface area contributed by atoms with Crippen molar-refractivity contribution in [2.24, 2.45) is 0 Å². The van der Waals surface area contributed by atoms with Crippen LogP contribution in [0.5, 0.6) is 5.75 Å². The topological polar surface area (TPSA) is 55.4 Å². The molecule has 0 heterocycles. The number of ether oxygens (including phenoxy) is 1. The van der Waals surface area contributed by atoms with Gasteiger partial charge < -0.3 is 10.1 Å². The first-order valence-electron chi connectivity index (χ1n) is 6.80. The Morgan fingerprint density at radius 3 is 2.55 bits per heavy atom. The standard InChI is InChI=1S/C17H16ClNO3/c1-11(20)13-5-3-7-15(9-13)19-17(21)12(2)22-16-8-4-6-14(18)10-16/h3-10,12H,1-2H3,(H,19,21). The Bertz CT molecular complexity index is 700. The number of hydrogen-bond acceptors (Lipinski definition) is 3. The molecule has 1 N–H and O–H groups in total. The van der Waals surface area contributed by atoms with Crippen molar-refractivity contribution < 1.29 is 14.3 Å². The summed E-state index contributed by atoms with van der Waals surface area (Å²) in [5, 5.41) is 3.26. The van der Waals surface area contributed by atoms with Crippen LogP contribution in [0.3, 0.4) is 0 Å². The van der Waals surface area contributed by atoms with Crippen LogP contribution in [0, 0.1) is 0 Å². The average molecular weight is 318 g/mol. The highest BCUT2D eigenvalue weighted by atomic mass is 35.5. The maximum Gasteiger partial charge on any atom is 0.265 e. The van der Waals surface area contributed by atoms with Gasteiger partial charge in [0, 0.05) is 16.3 Å². The van der Waals surface area contributed by atoms with E-state index in [1.165, 1.54) is 6.92 Å². The molecule has 1 unspecified atom stereocenters. The van der Waals surface area contributed by atoms with Crippen molar-refractivity contribution in [1.82, 2.24) is 0 Å². The van der Waals surface area contributed by atoms with Crippen LogP contribution >= 0.6 is 11.6 Å². The largest absolute Gasteiger partial charge is 0.481 e. The molecule has 4 nitrogen and oxygen atoms in total. The summed E-state index contributed by atoms with van der Waals surface area (Å²) in [5.74, 6) is 0.160. The zero-order chi connectivity index (χ0) is 16.1. The molecule has 0 saturated heterocycles. The summed E-state index contributed by atoms with van der Waals surface area (Å²) < 4.78 is 5.54. The van der Waals surface area contributed by atoms with E-state index in [-0.39, 0.29) is 11.7 Å². The van der Waals surface area contributed by atoms with Gasteiger partial charge in [-0.05, 0) is 44.2 Å². The molecule has 2 aromatic carbocycles. The van der Waals surface area contributed by atoms with Gasteiger partial charge in [-0.15, -0.1) is 0 Å². The molecular formula is C17H16ClNO3. The third-order valence-electron chi connectivity index (χ3n) is 3.01. The lowest BCUT2D eigenvalue weighted by Crippen LogP contribution is -2.30. The van der Waals surface area contributed by atoms with Crippen LogP contribution < -0.4 is 10.1 Å². The summed E-state index contributed by atoms with van der Waals surface area (Å²) >= 11 is 5.87. The summed E-state index contributed by atoms with van der Waals surface area (Å²) in [6.45, 7) is 3.12. The second kappa shape index (κ2) is 7.09. The molecule has 2 rings (SSSR count). The number of rotatable bonds is 5. The van der Waals surface area contributed by atoms with Gasteiger partial charge >= 0.3 is 0 Å². The summed E-state index contributed by atoms with van der Waals surface area (Å²) in [5.41, 5.74) is 1.10. The van der Waals surface area contributed by atoms with Gasteiger partial charge in [0.1, 0.15) is 5.75 Å². The monoisotopic (exact) mass is 317 g/mol. The Balaban J connectivity index is 2.02. The first kappa shape index (κ1) is 16.0. The smallest absolute Gasteiger partial charge is 0.265 e. The fourth-order valence-electron chi connectivity index (χ4n) is 1.86. The van der Waals surface area contributed by atoms with Crippen molar-refractivity contribution in [3.8, 4) is 5.75 Å². The van der Waals surface area contributed by atoms with Crippen LogP contribution in [-0.4, -0.2) is 17.8 Å². The zero-order valence-electron chi connectivity index (χ0n) is 12.3. The van der Waals surface area contributed by atoms with E-state index in [1.807, 2.05) is 0 Å². The summed E-state index contributed by atoms with van der Waals surface area (Å²) in [6, 6.07) is 13.6. The van der Waals surface area contributed by atoms with Crippen molar-refractivity contribution in [2.45, 2.75) is 20.0 Å². The predicted molar refractivity (Wildman–Crippen MR) is 86.6 cm³/mol. The van der Waals surface area contributed by atoms with Crippen molar-refractivity contribution in [3.63, 3.8) is 0 Å². The molecule has 22 heavy (non-hydrogen) atoms. The van der Waals surface area contributed by atoms with E-state index in [4.69, 9.17) is 16.3 Å². The third kappa shape index (κ3) is 4.33. The molecule has 0 aromatic heterocycles. The minimum absolute atomic E-state index is 0.0562. The van der Waals surface area contributed by atoms with E-state index in [1.54, 1.807) is 55.5 Å². The fraction of sp³-hybridized carbons (Fsp3) is 0.176. The van der Waals surface area contributed by atoms with Crippen LogP contribution in [-0.2, 0) is 4.79 Å². The highest BCUT2D eigenvalue weighted by molar-refractivity contribution is 6.30. The molecule has 114 valence electrons. The van der Waals surface area contributed by atoms with E-state index in [2.05, 4.69) is 5.32 Å². The minimum atomic E-state index is -0.695. The highest BCUT2D eigenvalue weighted by Gasteiger charge is 2.15. The average Bonchev–Trinajstić information content (AvgIpc) is 2.47. The van der Waals surface area contributed by atoms with Crippen molar-refractivity contribution >= 4 is 29.0 Å². The molecule has 0 bridgehead atoms. The molecule has 0 radical (unpaired) electrons. The van der Waals surface area contributed by atoms with E-state index in [0.717, 1.165) is 0 Å². The number of Topliss-reactive ketones (excluding diaryl/α,β-unsaturated/α-hetero) is 1. The highest BCUT2D eigenvalue weighted by Crippen LogP contribution is 2.19. The van der Waals surface area contributed by atoms with Gasteiger partial charge in [0.15, 0.2) is 11.9 Å². The van der Waals surface area contributed by atoms with Crippen molar-refractivity contribution in [2.75, 3.05) is 5.32 Å². The zero-order valence-corrected chi connectivity index (χ0v) is 13.1.